The summed E-state index contributed by atoms with van der Waals surface area (Å²) in [6.45, 7) is 5.46. The molecule has 1 aliphatic heterocycles. The minimum Gasteiger partial charge on any atom is -0.352 e. The molecular weight excluding hydrogens is 228 g/mol. The summed E-state index contributed by atoms with van der Waals surface area (Å²) in [5.41, 5.74) is 0. The predicted octanol–water partition coefficient (Wildman–Crippen LogP) is 0.781. The number of carbonyl (C=O) groups is 1. The van der Waals surface area contributed by atoms with Gasteiger partial charge >= 0.3 is 0 Å². The van der Waals surface area contributed by atoms with Gasteiger partial charge in [0.15, 0.2) is 5.82 Å². The molecule has 1 saturated carbocycles. The van der Waals surface area contributed by atoms with Gasteiger partial charge in [0.2, 0.25) is 5.91 Å². The van der Waals surface area contributed by atoms with Gasteiger partial charge in [-0.2, -0.15) is 5.10 Å². The van der Waals surface area contributed by atoms with Gasteiger partial charge in [0.05, 0.1) is 0 Å². The lowest BCUT2D eigenvalue weighted by atomic mass is 10.2. The number of hydrogen-bond donors (Lipinski definition) is 0. The van der Waals surface area contributed by atoms with Gasteiger partial charge in [-0.15, -0.1) is 5.10 Å². The minimum absolute atomic E-state index is 0.299. The fraction of sp³-hybridized carbons (Fsp3) is 0.615. The summed E-state index contributed by atoms with van der Waals surface area (Å²) >= 11 is 0. The van der Waals surface area contributed by atoms with E-state index in [9.17, 15) is 4.79 Å². The molecule has 2 heterocycles. The molecule has 0 bridgehead atoms. The van der Waals surface area contributed by atoms with E-state index in [0.29, 0.717) is 17.7 Å². The van der Waals surface area contributed by atoms with Crippen LogP contribution in [0.5, 0.6) is 0 Å². The van der Waals surface area contributed by atoms with E-state index in [-0.39, 0.29) is 0 Å². The second-order valence-electron chi connectivity index (χ2n) is 5.21. The summed E-state index contributed by atoms with van der Waals surface area (Å²) < 4.78 is 0. The van der Waals surface area contributed by atoms with Gasteiger partial charge in [0, 0.05) is 38.3 Å². The van der Waals surface area contributed by atoms with Gasteiger partial charge < -0.3 is 9.80 Å². The van der Waals surface area contributed by atoms with Gasteiger partial charge in [0.25, 0.3) is 0 Å². The average Bonchev–Trinajstić information content (AvgIpc) is 3.16. The number of amides is 1. The second kappa shape index (κ2) is 4.55. The van der Waals surface area contributed by atoms with E-state index in [1.54, 1.807) is 6.20 Å². The molecule has 5 heteroatoms. The number of nitrogens with zero attached hydrogens (tertiary/aromatic N) is 4. The Balaban J connectivity index is 1.57. The maximum atomic E-state index is 12.1. The van der Waals surface area contributed by atoms with Crippen LogP contribution < -0.4 is 4.90 Å². The Morgan fingerprint density at radius 2 is 2.06 bits per heavy atom. The molecule has 1 amide bonds. The van der Waals surface area contributed by atoms with E-state index in [0.717, 1.165) is 38.4 Å². The van der Waals surface area contributed by atoms with Crippen LogP contribution in [0.3, 0.4) is 0 Å². The molecule has 1 saturated heterocycles. The Morgan fingerprint density at radius 1 is 1.33 bits per heavy atom. The van der Waals surface area contributed by atoms with Gasteiger partial charge in [-0.1, -0.05) is 6.92 Å². The van der Waals surface area contributed by atoms with Gasteiger partial charge in [-0.3, -0.25) is 4.79 Å². The molecule has 3 rings (SSSR count). The lowest BCUT2D eigenvalue weighted by Crippen LogP contribution is -2.49. The van der Waals surface area contributed by atoms with E-state index < -0.39 is 0 Å². The van der Waals surface area contributed by atoms with Crippen LogP contribution >= 0.6 is 0 Å². The third-order valence-electron chi connectivity index (χ3n) is 3.90. The van der Waals surface area contributed by atoms with Crippen molar-refractivity contribution in [2.45, 2.75) is 13.3 Å². The topological polar surface area (TPSA) is 49.3 Å². The Hall–Kier alpha value is -1.65. The molecule has 0 spiro atoms. The van der Waals surface area contributed by atoms with Crippen molar-refractivity contribution >= 4 is 11.7 Å². The van der Waals surface area contributed by atoms with Crippen LogP contribution in [0.4, 0.5) is 5.82 Å². The highest BCUT2D eigenvalue weighted by Crippen LogP contribution is 2.39. The van der Waals surface area contributed by atoms with Crippen molar-refractivity contribution in [3.63, 3.8) is 0 Å². The Kier molecular flexibility index (Phi) is 2.89. The third kappa shape index (κ3) is 2.17. The van der Waals surface area contributed by atoms with Crippen molar-refractivity contribution in [1.29, 1.82) is 0 Å². The monoisotopic (exact) mass is 246 g/mol. The lowest BCUT2D eigenvalue weighted by molar-refractivity contribution is -0.133. The highest BCUT2D eigenvalue weighted by molar-refractivity contribution is 5.81. The van der Waals surface area contributed by atoms with Crippen molar-refractivity contribution in [3.8, 4) is 0 Å². The van der Waals surface area contributed by atoms with E-state index in [1.165, 1.54) is 0 Å². The Morgan fingerprint density at radius 3 is 2.61 bits per heavy atom. The number of hydrogen-bond acceptors (Lipinski definition) is 4. The standard InChI is InChI=1S/C13H18N4O/c1-10-9-11(10)13(18)17-7-5-16(6-8-17)12-3-2-4-14-15-12/h2-4,10-11H,5-9H2,1H3/t10?,11-/m0/s1. The number of anilines is 1. The predicted molar refractivity (Wildman–Crippen MR) is 68.1 cm³/mol. The van der Waals surface area contributed by atoms with Crippen LogP contribution in [0.25, 0.3) is 0 Å². The molecule has 1 unspecified atom stereocenters. The summed E-state index contributed by atoms with van der Waals surface area (Å²) in [4.78, 5) is 16.3. The van der Waals surface area contributed by atoms with E-state index in [4.69, 9.17) is 0 Å². The Bertz CT molecular complexity index is 428. The number of piperazine rings is 1. The van der Waals surface area contributed by atoms with Crippen LogP contribution in [0.2, 0.25) is 0 Å². The van der Waals surface area contributed by atoms with Crippen LogP contribution in [0, 0.1) is 11.8 Å². The first-order chi connectivity index (χ1) is 8.75. The highest BCUT2D eigenvalue weighted by Gasteiger charge is 2.41. The molecule has 96 valence electrons. The molecule has 1 aromatic rings. The first-order valence-electron chi connectivity index (χ1n) is 6.57. The molecule has 18 heavy (non-hydrogen) atoms. The Labute approximate surface area is 107 Å². The first kappa shape index (κ1) is 11.4. The summed E-state index contributed by atoms with van der Waals surface area (Å²) in [5, 5.41) is 7.99. The first-order valence-corrected chi connectivity index (χ1v) is 6.57. The van der Waals surface area contributed by atoms with Crippen molar-refractivity contribution in [2.75, 3.05) is 31.1 Å². The molecule has 0 radical (unpaired) electrons. The quantitative estimate of drug-likeness (QED) is 0.774. The van der Waals surface area contributed by atoms with E-state index in [2.05, 4.69) is 22.0 Å². The number of rotatable bonds is 2. The maximum absolute atomic E-state index is 12.1. The molecule has 2 aliphatic rings. The molecule has 5 nitrogen and oxygen atoms in total. The van der Waals surface area contributed by atoms with Gasteiger partial charge in [-0.25, -0.2) is 0 Å². The zero-order chi connectivity index (χ0) is 12.5. The van der Waals surface area contributed by atoms with Crippen LogP contribution in [-0.2, 0) is 4.79 Å². The maximum Gasteiger partial charge on any atom is 0.226 e. The van der Waals surface area contributed by atoms with Crippen molar-refractivity contribution in [1.82, 2.24) is 15.1 Å². The molecule has 0 aromatic carbocycles. The summed E-state index contributed by atoms with van der Waals surface area (Å²) in [7, 11) is 0. The average molecular weight is 246 g/mol. The zero-order valence-electron chi connectivity index (χ0n) is 10.6. The van der Waals surface area contributed by atoms with Crippen molar-refractivity contribution in [2.24, 2.45) is 11.8 Å². The highest BCUT2D eigenvalue weighted by atomic mass is 16.2. The second-order valence-corrected chi connectivity index (χ2v) is 5.21. The van der Waals surface area contributed by atoms with Crippen molar-refractivity contribution < 1.29 is 4.79 Å². The normalized spacial score (nSPS) is 27.2. The van der Waals surface area contributed by atoms with Crippen molar-refractivity contribution in [3.05, 3.63) is 18.3 Å². The van der Waals surface area contributed by atoms with Crippen LogP contribution in [-0.4, -0.2) is 47.2 Å². The third-order valence-corrected chi connectivity index (χ3v) is 3.90. The fourth-order valence-corrected chi connectivity index (χ4v) is 2.52. The minimum atomic E-state index is 0.299. The largest absolute Gasteiger partial charge is 0.352 e. The van der Waals surface area contributed by atoms with Gasteiger partial charge in [0.1, 0.15) is 0 Å². The zero-order valence-corrected chi connectivity index (χ0v) is 10.6. The molecule has 1 aliphatic carbocycles. The van der Waals surface area contributed by atoms with Gasteiger partial charge in [-0.05, 0) is 24.5 Å². The molecule has 2 atom stereocenters. The molecule has 0 N–H and O–H groups in total. The molecular formula is C13H18N4O. The van der Waals surface area contributed by atoms with E-state index >= 15 is 0 Å². The SMILES string of the molecule is CC1C[C@@H]1C(=O)N1CCN(c2cccnn2)CC1. The smallest absolute Gasteiger partial charge is 0.226 e. The molecule has 1 aromatic heterocycles. The number of aromatic nitrogens is 2. The lowest BCUT2D eigenvalue weighted by Gasteiger charge is -2.35. The fourth-order valence-electron chi connectivity index (χ4n) is 2.52. The van der Waals surface area contributed by atoms with Crippen LogP contribution in [0.15, 0.2) is 18.3 Å². The van der Waals surface area contributed by atoms with Crippen LogP contribution in [0.1, 0.15) is 13.3 Å². The summed E-state index contributed by atoms with van der Waals surface area (Å²) in [6, 6.07) is 3.86. The van der Waals surface area contributed by atoms with E-state index in [1.807, 2.05) is 17.0 Å². The number of carbonyl (C=O) groups excluding carboxylic acids is 1. The summed E-state index contributed by atoms with van der Waals surface area (Å²) in [6.07, 6.45) is 2.75. The summed E-state index contributed by atoms with van der Waals surface area (Å²) in [5.74, 6) is 2.15. The molecule has 2 fully saturated rings.